The smallest absolute Gasteiger partial charge is 0.0441 e. The van der Waals surface area contributed by atoms with Crippen LogP contribution >= 0.6 is 11.9 Å². The van der Waals surface area contributed by atoms with Gasteiger partial charge in [-0.25, -0.2) is 0 Å². The molecular weight excluding hydrogens is 240 g/mol. The van der Waals surface area contributed by atoms with Gasteiger partial charge in [0.2, 0.25) is 0 Å². The summed E-state index contributed by atoms with van der Waals surface area (Å²) in [4.78, 5) is 0. The van der Waals surface area contributed by atoms with Gasteiger partial charge in [0.05, 0.1) is 0 Å². The Balaban J connectivity index is 0.000000771. The van der Waals surface area contributed by atoms with Gasteiger partial charge in [0.1, 0.15) is 0 Å². The number of nitrogens with one attached hydrogen (secondary N) is 2. The number of rotatable bonds is 4. The van der Waals surface area contributed by atoms with Gasteiger partial charge in [-0.05, 0) is 49.1 Å². The molecule has 2 nitrogen and oxygen atoms in total. The third-order valence-electron chi connectivity index (χ3n) is 3.07. The molecule has 0 radical (unpaired) electrons. The van der Waals surface area contributed by atoms with E-state index in [1.807, 2.05) is 32.8 Å². The summed E-state index contributed by atoms with van der Waals surface area (Å²) in [5.41, 5.74) is 2.36. The van der Waals surface area contributed by atoms with Crippen molar-refractivity contribution in [3.8, 4) is 0 Å². The van der Waals surface area contributed by atoms with Crippen LogP contribution in [0.3, 0.4) is 0 Å². The van der Waals surface area contributed by atoms with E-state index in [9.17, 15) is 0 Å². The Morgan fingerprint density at radius 2 is 1.50 bits per heavy atom. The Hall–Kier alpha value is -0.830. The lowest BCUT2D eigenvalue weighted by molar-refractivity contribution is 0.516. The predicted molar refractivity (Wildman–Crippen MR) is 85.4 cm³/mol. The standard InChI is InChI=1S/C13H20N2S.C2H6/c1-14-11-7-9-12(10-8-11)15-16-13-5-3-2-4-6-13;1-2/h7-10,13-15H,2-6H2,1H3;1-2H3. The molecule has 2 N–H and O–H groups in total. The third-order valence-corrected chi connectivity index (χ3v) is 4.23. The van der Waals surface area contributed by atoms with Crippen LogP contribution in [-0.2, 0) is 0 Å². The van der Waals surface area contributed by atoms with Crippen molar-refractivity contribution in [2.45, 2.75) is 51.2 Å². The average molecular weight is 266 g/mol. The minimum absolute atomic E-state index is 0.803. The molecule has 0 spiro atoms. The number of hydrogen-bond acceptors (Lipinski definition) is 3. The van der Waals surface area contributed by atoms with E-state index < -0.39 is 0 Å². The Bertz CT molecular complexity index is 305. The van der Waals surface area contributed by atoms with Crippen molar-refractivity contribution in [1.29, 1.82) is 0 Å². The molecule has 1 aromatic rings. The fourth-order valence-corrected chi connectivity index (χ4v) is 3.05. The van der Waals surface area contributed by atoms with E-state index in [4.69, 9.17) is 0 Å². The van der Waals surface area contributed by atoms with E-state index in [1.165, 1.54) is 37.8 Å². The van der Waals surface area contributed by atoms with Gasteiger partial charge in [0.25, 0.3) is 0 Å². The fraction of sp³-hybridized carbons (Fsp3) is 0.600. The molecule has 0 saturated heterocycles. The molecule has 1 fully saturated rings. The number of benzene rings is 1. The second-order valence-corrected chi connectivity index (χ2v) is 5.41. The molecule has 18 heavy (non-hydrogen) atoms. The van der Waals surface area contributed by atoms with Crippen LogP contribution in [0.2, 0.25) is 0 Å². The van der Waals surface area contributed by atoms with E-state index in [1.54, 1.807) is 0 Å². The molecular formula is C15H26N2S. The minimum Gasteiger partial charge on any atom is -0.388 e. The summed E-state index contributed by atoms with van der Waals surface area (Å²) in [7, 11) is 1.94. The summed E-state index contributed by atoms with van der Waals surface area (Å²) >= 11 is 1.89. The molecule has 0 bridgehead atoms. The van der Waals surface area contributed by atoms with Crippen molar-refractivity contribution < 1.29 is 0 Å². The normalized spacial score (nSPS) is 15.5. The predicted octanol–water partition coefficient (Wildman–Crippen LogP) is 5.15. The molecule has 1 aromatic carbocycles. The average Bonchev–Trinajstić information content (AvgIpc) is 2.49. The van der Waals surface area contributed by atoms with Gasteiger partial charge < -0.3 is 10.0 Å². The third kappa shape index (κ3) is 5.21. The van der Waals surface area contributed by atoms with Crippen LogP contribution in [-0.4, -0.2) is 12.3 Å². The topological polar surface area (TPSA) is 24.1 Å². The van der Waals surface area contributed by atoms with E-state index >= 15 is 0 Å². The van der Waals surface area contributed by atoms with Crippen molar-refractivity contribution in [3.05, 3.63) is 24.3 Å². The molecule has 0 heterocycles. The molecule has 0 aromatic heterocycles. The van der Waals surface area contributed by atoms with Crippen LogP contribution < -0.4 is 10.0 Å². The van der Waals surface area contributed by atoms with Crippen LogP contribution in [0.4, 0.5) is 11.4 Å². The highest BCUT2D eigenvalue weighted by Gasteiger charge is 2.13. The molecule has 0 unspecified atom stereocenters. The van der Waals surface area contributed by atoms with Gasteiger partial charge in [0, 0.05) is 23.7 Å². The van der Waals surface area contributed by atoms with Gasteiger partial charge >= 0.3 is 0 Å². The van der Waals surface area contributed by atoms with E-state index in [0.29, 0.717) is 0 Å². The Morgan fingerprint density at radius 1 is 0.944 bits per heavy atom. The molecule has 0 aliphatic heterocycles. The molecule has 3 heteroatoms. The zero-order valence-electron chi connectivity index (χ0n) is 11.8. The number of anilines is 2. The second kappa shape index (κ2) is 9.15. The molecule has 1 saturated carbocycles. The minimum atomic E-state index is 0.803. The summed E-state index contributed by atoms with van der Waals surface area (Å²) in [6.45, 7) is 4.00. The lowest BCUT2D eigenvalue weighted by Crippen LogP contribution is -2.10. The highest BCUT2D eigenvalue weighted by Crippen LogP contribution is 2.29. The van der Waals surface area contributed by atoms with Crippen molar-refractivity contribution in [3.63, 3.8) is 0 Å². The molecule has 0 amide bonds. The van der Waals surface area contributed by atoms with Crippen LogP contribution in [0.5, 0.6) is 0 Å². The zero-order chi connectivity index (χ0) is 13.2. The molecule has 0 atom stereocenters. The first-order valence-corrected chi connectivity index (χ1v) is 7.96. The Morgan fingerprint density at radius 3 is 2.06 bits per heavy atom. The summed E-state index contributed by atoms with van der Waals surface area (Å²) < 4.78 is 3.45. The van der Waals surface area contributed by atoms with Crippen molar-refractivity contribution in [2.24, 2.45) is 0 Å². The first-order valence-electron chi connectivity index (χ1n) is 7.08. The lowest BCUT2D eigenvalue weighted by atomic mass is 10.0. The maximum Gasteiger partial charge on any atom is 0.0441 e. The highest BCUT2D eigenvalue weighted by atomic mass is 32.2. The quantitative estimate of drug-likeness (QED) is 0.737. The largest absolute Gasteiger partial charge is 0.388 e. The first-order chi connectivity index (χ1) is 8.88. The second-order valence-electron chi connectivity index (χ2n) is 4.31. The van der Waals surface area contributed by atoms with Gasteiger partial charge in [-0.15, -0.1) is 0 Å². The molecule has 102 valence electrons. The van der Waals surface area contributed by atoms with Crippen LogP contribution in [0.25, 0.3) is 0 Å². The van der Waals surface area contributed by atoms with Gasteiger partial charge in [-0.2, -0.15) is 0 Å². The van der Waals surface area contributed by atoms with Crippen LogP contribution in [0.15, 0.2) is 24.3 Å². The van der Waals surface area contributed by atoms with Gasteiger partial charge in [-0.3, -0.25) is 0 Å². The van der Waals surface area contributed by atoms with Gasteiger partial charge in [0.15, 0.2) is 0 Å². The molecule has 1 aliphatic carbocycles. The Labute approximate surface area is 116 Å². The van der Waals surface area contributed by atoms with Crippen molar-refractivity contribution in [1.82, 2.24) is 0 Å². The van der Waals surface area contributed by atoms with Crippen molar-refractivity contribution >= 4 is 23.3 Å². The fourth-order valence-electron chi connectivity index (χ4n) is 2.04. The monoisotopic (exact) mass is 266 g/mol. The Kier molecular flexibility index (Phi) is 7.74. The van der Waals surface area contributed by atoms with E-state index in [2.05, 4.69) is 34.3 Å². The highest BCUT2D eigenvalue weighted by molar-refractivity contribution is 8.01. The first kappa shape index (κ1) is 15.2. The SMILES string of the molecule is CC.CNc1ccc(NSC2CCCCC2)cc1. The van der Waals surface area contributed by atoms with Crippen LogP contribution in [0, 0.1) is 0 Å². The molecule has 2 rings (SSSR count). The summed E-state index contributed by atoms with van der Waals surface area (Å²) in [6, 6.07) is 8.46. The van der Waals surface area contributed by atoms with Crippen molar-refractivity contribution in [2.75, 3.05) is 17.1 Å². The van der Waals surface area contributed by atoms with Gasteiger partial charge in [-0.1, -0.05) is 33.1 Å². The maximum atomic E-state index is 3.45. The number of hydrogen-bond donors (Lipinski definition) is 2. The summed E-state index contributed by atoms with van der Waals surface area (Å²) in [5.74, 6) is 0. The van der Waals surface area contributed by atoms with Crippen LogP contribution in [0.1, 0.15) is 46.0 Å². The maximum absolute atomic E-state index is 3.45. The molecule has 1 aliphatic rings. The zero-order valence-corrected chi connectivity index (χ0v) is 12.6. The van der Waals surface area contributed by atoms with E-state index in [0.717, 1.165) is 10.9 Å². The summed E-state index contributed by atoms with van der Waals surface area (Å²) in [6.07, 6.45) is 6.96. The van der Waals surface area contributed by atoms with E-state index in [-0.39, 0.29) is 0 Å². The lowest BCUT2D eigenvalue weighted by Gasteiger charge is -2.21. The summed E-state index contributed by atoms with van der Waals surface area (Å²) in [5, 5.41) is 3.93.